The number of benzene rings is 1. The Morgan fingerprint density at radius 1 is 1.24 bits per heavy atom. The van der Waals surface area contributed by atoms with Crippen molar-refractivity contribution in [1.82, 2.24) is 19.7 Å². The van der Waals surface area contributed by atoms with E-state index in [-0.39, 0.29) is 11.9 Å². The van der Waals surface area contributed by atoms with Crippen LogP contribution in [-0.2, 0) is 9.47 Å². The van der Waals surface area contributed by atoms with Crippen LogP contribution in [-0.4, -0.2) is 73.4 Å². The Morgan fingerprint density at radius 3 is 2.68 bits per heavy atom. The van der Waals surface area contributed by atoms with Crippen molar-refractivity contribution < 1.29 is 24.5 Å². The number of carbonyl (C=O) groups excluding carboxylic acids is 1. The van der Waals surface area contributed by atoms with Gasteiger partial charge in [-0.2, -0.15) is 15.1 Å². The number of carbonyl (C=O) groups is 1. The average molecular weight is 524 g/mol. The van der Waals surface area contributed by atoms with Gasteiger partial charge in [-0.25, -0.2) is 9.48 Å². The molecule has 37 heavy (non-hydrogen) atoms. The van der Waals surface area contributed by atoms with Crippen LogP contribution >= 0.6 is 11.6 Å². The van der Waals surface area contributed by atoms with Gasteiger partial charge in [-0.15, -0.1) is 6.42 Å². The summed E-state index contributed by atoms with van der Waals surface area (Å²) in [6.07, 6.45) is 6.91. The maximum Gasteiger partial charge on any atom is 0.338 e. The number of fused-ring (bicyclic) bond motifs is 2. The Balaban J connectivity index is 1.27. The number of terminal acetylenes is 1. The summed E-state index contributed by atoms with van der Waals surface area (Å²) in [5.74, 6) is 3.58. The molecule has 0 amide bonds. The normalized spacial score (nSPS) is 31.0. The molecule has 3 aromatic rings. The molecule has 1 aliphatic carbocycles. The number of hydrogen-bond donors (Lipinski definition) is 2. The van der Waals surface area contributed by atoms with Gasteiger partial charge in [-0.05, 0) is 48.4 Å². The van der Waals surface area contributed by atoms with Crippen molar-refractivity contribution in [1.29, 1.82) is 0 Å². The van der Waals surface area contributed by atoms with Crippen LogP contribution in [0.4, 0.5) is 5.82 Å². The number of anilines is 1. The number of halogens is 1. The Hall–Kier alpha value is -3.23. The van der Waals surface area contributed by atoms with Crippen molar-refractivity contribution in [3.8, 4) is 12.3 Å². The molecule has 1 saturated carbocycles. The molecule has 0 bridgehead atoms. The van der Waals surface area contributed by atoms with Gasteiger partial charge in [-0.3, -0.25) is 0 Å². The van der Waals surface area contributed by atoms with Crippen LogP contribution in [0.25, 0.3) is 11.0 Å². The predicted octanol–water partition coefficient (Wildman–Crippen LogP) is 2.20. The van der Waals surface area contributed by atoms with Crippen molar-refractivity contribution >= 4 is 34.4 Å². The van der Waals surface area contributed by atoms with Gasteiger partial charge in [0.15, 0.2) is 17.5 Å². The van der Waals surface area contributed by atoms with E-state index in [1.54, 1.807) is 36.5 Å². The molecule has 3 aliphatic rings. The fourth-order valence-corrected chi connectivity index (χ4v) is 5.98. The first-order valence-corrected chi connectivity index (χ1v) is 12.7. The summed E-state index contributed by atoms with van der Waals surface area (Å²) in [6, 6.07) is 8.40. The lowest BCUT2D eigenvalue weighted by atomic mass is 9.93. The molecule has 192 valence electrons. The second-order valence-corrected chi connectivity index (χ2v) is 10.2. The standard InChI is InChI=1S/C26H26ClN5O5/c1-2-26(35)19(14-36-24(34)15-7-4-3-5-8-15)37-23(20(26)33)32-22-18(11-28-32)21(29-25(27)30-22)31-12-16-9-6-10-17(16)13-31/h1,3-5,7-8,11,16-17,19-20,23,33,35H,6,9-10,12-14H2/t16-,17+,19-,20+,23-,26-/m1/s1. The van der Waals surface area contributed by atoms with E-state index < -0.39 is 30.0 Å². The Labute approximate surface area is 218 Å². The van der Waals surface area contributed by atoms with E-state index in [0.717, 1.165) is 13.1 Å². The monoisotopic (exact) mass is 523 g/mol. The molecule has 0 radical (unpaired) electrons. The summed E-state index contributed by atoms with van der Waals surface area (Å²) in [5, 5.41) is 27.3. The smallest absolute Gasteiger partial charge is 0.338 e. The molecular weight excluding hydrogens is 498 g/mol. The van der Waals surface area contributed by atoms with E-state index >= 15 is 0 Å². The average Bonchev–Trinajstić information content (AvgIpc) is 3.67. The van der Waals surface area contributed by atoms with E-state index in [2.05, 4.69) is 25.9 Å². The highest BCUT2D eigenvalue weighted by molar-refractivity contribution is 6.28. The second kappa shape index (κ2) is 9.26. The maximum absolute atomic E-state index is 12.4. The first-order chi connectivity index (χ1) is 17.9. The second-order valence-electron chi connectivity index (χ2n) is 9.89. The first kappa shape index (κ1) is 24.1. The highest BCUT2D eigenvalue weighted by atomic mass is 35.5. The SMILES string of the molecule is C#C[C@@]1(O)[C@@H](COC(=O)c2ccccc2)O[C@@H](n2ncc3c(N4C[C@H]5CCC[C@H]5C4)nc(Cl)nc32)[C@@H]1O. The number of hydrogen-bond acceptors (Lipinski definition) is 9. The van der Waals surface area contributed by atoms with Gasteiger partial charge >= 0.3 is 5.97 Å². The highest BCUT2D eigenvalue weighted by Crippen LogP contribution is 2.42. The molecule has 0 unspecified atom stereocenters. The zero-order valence-electron chi connectivity index (χ0n) is 19.9. The summed E-state index contributed by atoms with van der Waals surface area (Å²) in [6.45, 7) is 1.41. The topological polar surface area (TPSA) is 123 Å². The molecule has 3 fully saturated rings. The van der Waals surface area contributed by atoms with E-state index in [9.17, 15) is 15.0 Å². The zero-order chi connectivity index (χ0) is 25.7. The van der Waals surface area contributed by atoms with Gasteiger partial charge < -0.3 is 24.6 Å². The van der Waals surface area contributed by atoms with Gasteiger partial charge in [0.25, 0.3) is 0 Å². The third-order valence-electron chi connectivity index (χ3n) is 7.80. The molecule has 0 spiro atoms. The number of ether oxygens (including phenoxy) is 2. The van der Waals surface area contributed by atoms with E-state index in [0.29, 0.717) is 34.3 Å². The van der Waals surface area contributed by atoms with Crippen LogP contribution in [0.5, 0.6) is 0 Å². The summed E-state index contributed by atoms with van der Waals surface area (Å²) < 4.78 is 12.6. The van der Waals surface area contributed by atoms with Crippen molar-refractivity contribution in [2.24, 2.45) is 11.8 Å². The first-order valence-electron chi connectivity index (χ1n) is 12.3. The third-order valence-corrected chi connectivity index (χ3v) is 7.96. The number of esters is 1. The quantitative estimate of drug-likeness (QED) is 0.294. The van der Waals surface area contributed by atoms with Crippen LogP contribution in [0.3, 0.4) is 0 Å². The molecule has 2 aliphatic heterocycles. The minimum atomic E-state index is -2.13. The lowest BCUT2D eigenvalue weighted by molar-refractivity contribution is -0.0688. The molecule has 6 atom stereocenters. The van der Waals surface area contributed by atoms with Crippen LogP contribution < -0.4 is 4.90 Å². The largest absolute Gasteiger partial charge is 0.459 e. The van der Waals surface area contributed by atoms with Gasteiger partial charge in [-0.1, -0.05) is 30.5 Å². The van der Waals surface area contributed by atoms with Crippen LogP contribution in [0.1, 0.15) is 35.8 Å². The minimum absolute atomic E-state index is 0.0364. The van der Waals surface area contributed by atoms with E-state index in [4.69, 9.17) is 27.5 Å². The Bertz CT molecular complexity index is 1360. The van der Waals surface area contributed by atoms with Crippen LogP contribution in [0, 0.1) is 24.2 Å². The molecule has 6 rings (SSSR count). The lowest BCUT2D eigenvalue weighted by Crippen LogP contribution is -2.48. The maximum atomic E-state index is 12.4. The molecule has 4 heterocycles. The van der Waals surface area contributed by atoms with Crippen LogP contribution in [0.2, 0.25) is 5.28 Å². The molecule has 11 heteroatoms. The molecule has 10 nitrogen and oxygen atoms in total. The fourth-order valence-electron chi connectivity index (χ4n) is 5.82. The van der Waals surface area contributed by atoms with E-state index in [1.807, 2.05) is 0 Å². The molecule has 2 aromatic heterocycles. The Morgan fingerprint density at radius 2 is 1.97 bits per heavy atom. The van der Waals surface area contributed by atoms with Gasteiger partial charge in [0.2, 0.25) is 5.28 Å². The number of aliphatic hydroxyl groups excluding tert-OH is 1. The number of aromatic nitrogens is 4. The predicted molar refractivity (Wildman–Crippen MR) is 134 cm³/mol. The molecular formula is C26H26ClN5O5. The zero-order valence-corrected chi connectivity index (χ0v) is 20.7. The van der Waals surface area contributed by atoms with Crippen molar-refractivity contribution in [3.63, 3.8) is 0 Å². The van der Waals surface area contributed by atoms with Gasteiger partial charge in [0.1, 0.15) is 24.6 Å². The summed E-state index contributed by atoms with van der Waals surface area (Å²) in [7, 11) is 0. The molecule has 2 N–H and O–H groups in total. The Kier molecular flexibility index (Phi) is 6.04. The molecule has 2 saturated heterocycles. The van der Waals surface area contributed by atoms with Crippen molar-refractivity contribution in [3.05, 3.63) is 47.4 Å². The van der Waals surface area contributed by atoms with Crippen molar-refractivity contribution in [2.75, 3.05) is 24.6 Å². The lowest BCUT2D eigenvalue weighted by Gasteiger charge is -2.24. The number of nitrogens with zero attached hydrogens (tertiary/aromatic N) is 5. The highest BCUT2D eigenvalue weighted by Gasteiger charge is 2.56. The third kappa shape index (κ3) is 4.03. The number of aliphatic hydroxyl groups is 2. The summed E-state index contributed by atoms with van der Waals surface area (Å²) in [5.41, 5.74) is -1.45. The van der Waals surface area contributed by atoms with E-state index in [1.165, 1.54) is 23.9 Å². The summed E-state index contributed by atoms with van der Waals surface area (Å²) in [4.78, 5) is 23.5. The fraction of sp³-hybridized carbons (Fsp3) is 0.462. The number of rotatable bonds is 5. The van der Waals surface area contributed by atoms with Crippen LogP contribution in [0.15, 0.2) is 36.5 Å². The minimum Gasteiger partial charge on any atom is -0.459 e. The van der Waals surface area contributed by atoms with Crippen molar-refractivity contribution in [2.45, 2.75) is 43.3 Å². The van der Waals surface area contributed by atoms with Gasteiger partial charge in [0.05, 0.1) is 17.1 Å². The van der Waals surface area contributed by atoms with Gasteiger partial charge in [0, 0.05) is 13.1 Å². The molecule has 1 aromatic carbocycles. The summed E-state index contributed by atoms with van der Waals surface area (Å²) >= 11 is 6.32.